The summed E-state index contributed by atoms with van der Waals surface area (Å²) in [5.74, 6) is 0. The summed E-state index contributed by atoms with van der Waals surface area (Å²) in [7, 11) is 0. The first kappa shape index (κ1) is 12.9. The largest absolute Gasteiger partial charge is 0.394 e. The van der Waals surface area contributed by atoms with Crippen molar-refractivity contribution in [2.45, 2.75) is 64.1 Å². The number of nitrogens with zero attached hydrogens (tertiary/aromatic N) is 1. The van der Waals surface area contributed by atoms with Crippen LogP contribution in [0.5, 0.6) is 0 Å². The van der Waals surface area contributed by atoms with Crippen LogP contribution in [0, 0.1) is 0 Å². The van der Waals surface area contributed by atoms with Crippen LogP contribution in [0.1, 0.15) is 46.5 Å². The lowest BCUT2D eigenvalue weighted by Gasteiger charge is -2.35. The van der Waals surface area contributed by atoms with Crippen molar-refractivity contribution in [1.29, 1.82) is 0 Å². The lowest BCUT2D eigenvalue weighted by molar-refractivity contribution is 0.126. The molecular formula is C12H26N2O. The highest BCUT2D eigenvalue weighted by molar-refractivity contribution is 4.88. The average molecular weight is 214 g/mol. The zero-order chi connectivity index (χ0) is 11.5. The van der Waals surface area contributed by atoms with E-state index in [1.165, 1.54) is 25.8 Å². The molecule has 0 amide bonds. The summed E-state index contributed by atoms with van der Waals surface area (Å²) >= 11 is 0. The number of hydrogen-bond donors (Lipinski definition) is 2. The second-order valence-electron chi connectivity index (χ2n) is 5.31. The summed E-state index contributed by atoms with van der Waals surface area (Å²) in [6.45, 7) is 7.68. The number of aliphatic hydroxyl groups is 1. The smallest absolute Gasteiger partial charge is 0.0609 e. The minimum absolute atomic E-state index is 0.0714. The Morgan fingerprint density at radius 2 is 2.27 bits per heavy atom. The van der Waals surface area contributed by atoms with Crippen molar-refractivity contribution < 1.29 is 5.11 Å². The van der Waals surface area contributed by atoms with Gasteiger partial charge in [0, 0.05) is 17.6 Å². The molecule has 0 aliphatic carbocycles. The first-order valence-corrected chi connectivity index (χ1v) is 6.15. The van der Waals surface area contributed by atoms with Crippen molar-refractivity contribution in [3.8, 4) is 0 Å². The monoisotopic (exact) mass is 214 g/mol. The van der Waals surface area contributed by atoms with Crippen LogP contribution in [0.3, 0.4) is 0 Å². The molecule has 0 saturated carbocycles. The summed E-state index contributed by atoms with van der Waals surface area (Å²) in [5.41, 5.74) is 5.56. The summed E-state index contributed by atoms with van der Waals surface area (Å²) in [5, 5.41) is 9.17. The van der Waals surface area contributed by atoms with Gasteiger partial charge in [0.25, 0.3) is 0 Å². The highest BCUT2D eigenvalue weighted by Crippen LogP contribution is 2.25. The van der Waals surface area contributed by atoms with E-state index in [1.807, 2.05) is 6.92 Å². The van der Waals surface area contributed by atoms with Gasteiger partial charge in [-0.3, -0.25) is 4.90 Å². The molecule has 3 heteroatoms. The molecule has 3 N–H and O–H groups in total. The Kier molecular flexibility index (Phi) is 4.56. The predicted molar refractivity (Wildman–Crippen MR) is 63.8 cm³/mol. The predicted octanol–water partition coefficient (Wildman–Crippen LogP) is 1.35. The lowest BCUT2D eigenvalue weighted by atomic mass is 9.94. The quantitative estimate of drug-likeness (QED) is 0.726. The van der Waals surface area contributed by atoms with Gasteiger partial charge in [0.15, 0.2) is 0 Å². The van der Waals surface area contributed by atoms with Crippen LogP contribution in [-0.2, 0) is 0 Å². The Morgan fingerprint density at radius 1 is 1.60 bits per heavy atom. The van der Waals surface area contributed by atoms with Gasteiger partial charge in [-0.1, -0.05) is 6.92 Å². The highest BCUT2D eigenvalue weighted by atomic mass is 16.3. The Labute approximate surface area is 93.6 Å². The number of nitrogens with two attached hydrogens (primary N) is 1. The molecule has 3 nitrogen and oxygen atoms in total. The van der Waals surface area contributed by atoms with E-state index >= 15 is 0 Å². The summed E-state index contributed by atoms with van der Waals surface area (Å²) < 4.78 is 0. The van der Waals surface area contributed by atoms with E-state index in [0.29, 0.717) is 6.04 Å². The summed E-state index contributed by atoms with van der Waals surface area (Å²) in [6.07, 6.45) is 4.73. The topological polar surface area (TPSA) is 49.5 Å². The Hall–Kier alpha value is -0.120. The molecular weight excluding hydrogens is 188 g/mol. The van der Waals surface area contributed by atoms with Gasteiger partial charge in [-0.05, 0) is 46.1 Å². The fourth-order valence-electron chi connectivity index (χ4n) is 2.73. The van der Waals surface area contributed by atoms with Gasteiger partial charge >= 0.3 is 0 Å². The standard InChI is InChI=1S/C12H26N2O/c1-4-11-6-5-7-14(11)10(2)8-12(3,13)9-15/h10-11,15H,4-9,13H2,1-3H3. The van der Waals surface area contributed by atoms with Gasteiger partial charge in [0.05, 0.1) is 6.61 Å². The van der Waals surface area contributed by atoms with Gasteiger partial charge in [0.1, 0.15) is 0 Å². The molecule has 0 aromatic rings. The second kappa shape index (κ2) is 5.28. The highest BCUT2D eigenvalue weighted by Gasteiger charge is 2.30. The van der Waals surface area contributed by atoms with Crippen molar-refractivity contribution in [1.82, 2.24) is 4.90 Å². The SMILES string of the molecule is CCC1CCCN1C(C)CC(C)(N)CO. The van der Waals surface area contributed by atoms with Gasteiger partial charge in [-0.2, -0.15) is 0 Å². The molecule has 0 aromatic carbocycles. The third kappa shape index (κ3) is 3.44. The summed E-state index contributed by atoms with van der Waals surface area (Å²) in [4.78, 5) is 2.56. The minimum atomic E-state index is -0.430. The first-order valence-electron chi connectivity index (χ1n) is 6.15. The zero-order valence-corrected chi connectivity index (χ0v) is 10.4. The number of likely N-dealkylation sites (tertiary alicyclic amines) is 1. The molecule has 0 bridgehead atoms. The van der Waals surface area contributed by atoms with E-state index in [-0.39, 0.29) is 6.61 Å². The maximum absolute atomic E-state index is 9.17. The molecule has 1 fully saturated rings. The molecule has 3 atom stereocenters. The molecule has 1 heterocycles. The Bertz CT molecular complexity index is 194. The van der Waals surface area contributed by atoms with Crippen LogP contribution in [0.25, 0.3) is 0 Å². The van der Waals surface area contributed by atoms with Crippen LogP contribution in [0.15, 0.2) is 0 Å². The van der Waals surface area contributed by atoms with Crippen LogP contribution in [0.4, 0.5) is 0 Å². The molecule has 0 radical (unpaired) electrons. The Balaban J connectivity index is 2.49. The van der Waals surface area contributed by atoms with E-state index in [2.05, 4.69) is 18.7 Å². The maximum atomic E-state index is 9.17. The molecule has 3 unspecified atom stereocenters. The normalized spacial score (nSPS) is 29.0. The molecule has 90 valence electrons. The van der Waals surface area contributed by atoms with E-state index in [4.69, 9.17) is 10.8 Å². The zero-order valence-electron chi connectivity index (χ0n) is 10.4. The third-order valence-corrected chi connectivity index (χ3v) is 3.58. The molecule has 1 rings (SSSR count). The van der Waals surface area contributed by atoms with Crippen molar-refractivity contribution in [3.05, 3.63) is 0 Å². The molecule has 1 aliphatic heterocycles. The lowest BCUT2D eigenvalue weighted by Crippen LogP contribution is -2.48. The van der Waals surface area contributed by atoms with Gasteiger partial charge < -0.3 is 10.8 Å². The van der Waals surface area contributed by atoms with Gasteiger partial charge in [0.2, 0.25) is 0 Å². The van der Waals surface area contributed by atoms with E-state index in [1.54, 1.807) is 0 Å². The van der Waals surface area contributed by atoms with Crippen LogP contribution in [0.2, 0.25) is 0 Å². The second-order valence-corrected chi connectivity index (χ2v) is 5.31. The molecule has 1 saturated heterocycles. The Morgan fingerprint density at radius 3 is 2.80 bits per heavy atom. The van der Waals surface area contributed by atoms with Crippen molar-refractivity contribution in [2.24, 2.45) is 5.73 Å². The number of hydrogen-bond acceptors (Lipinski definition) is 3. The molecule has 15 heavy (non-hydrogen) atoms. The van der Waals surface area contributed by atoms with E-state index in [9.17, 15) is 0 Å². The minimum Gasteiger partial charge on any atom is -0.394 e. The van der Waals surface area contributed by atoms with Crippen LogP contribution < -0.4 is 5.73 Å². The maximum Gasteiger partial charge on any atom is 0.0609 e. The van der Waals surface area contributed by atoms with Crippen molar-refractivity contribution in [3.63, 3.8) is 0 Å². The van der Waals surface area contributed by atoms with Crippen LogP contribution >= 0.6 is 0 Å². The third-order valence-electron chi connectivity index (χ3n) is 3.58. The fourth-order valence-corrected chi connectivity index (χ4v) is 2.73. The molecule has 0 spiro atoms. The fraction of sp³-hybridized carbons (Fsp3) is 1.00. The summed E-state index contributed by atoms with van der Waals surface area (Å²) in [6, 6.07) is 1.22. The van der Waals surface area contributed by atoms with Gasteiger partial charge in [-0.15, -0.1) is 0 Å². The van der Waals surface area contributed by atoms with Gasteiger partial charge in [-0.25, -0.2) is 0 Å². The number of rotatable bonds is 5. The van der Waals surface area contributed by atoms with Crippen molar-refractivity contribution in [2.75, 3.05) is 13.2 Å². The van der Waals surface area contributed by atoms with Crippen LogP contribution in [-0.4, -0.2) is 40.8 Å². The first-order chi connectivity index (χ1) is 7.00. The molecule has 0 aromatic heterocycles. The molecule has 1 aliphatic rings. The number of aliphatic hydroxyl groups excluding tert-OH is 1. The van der Waals surface area contributed by atoms with E-state index in [0.717, 1.165) is 12.5 Å². The van der Waals surface area contributed by atoms with E-state index < -0.39 is 5.54 Å². The van der Waals surface area contributed by atoms with Crippen molar-refractivity contribution >= 4 is 0 Å². The average Bonchev–Trinajstić information content (AvgIpc) is 2.64.